The fourth-order valence-corrected chi connectivity index (χ4v) is 3.02. The van der Waals surface area contributed by atoms with E-state index >= 15 is 0 Å². The average Bonchev–Trinajstić information content (AvgIpc) is 2.73. The minimum atomic E-state index is -1.36. The Balaban J connectivity index is 1.78. The van der Waals surface area contributed by atoms with E-state index in [0.717, 1.165) is 18.2 Å². The Morgan fingerprint density at radius 1 is 0.900 bits per heavy atom. The molecule has 0 fully saturated rings. The lowest BCUT2D eigenvalue weighted by Crippen LogP contribution is -2.43. The summed E-state index contributed by atoms with van der Waals surface area (Å²) < 4.78 is 45.5. The van der Waals surface area contributed by atoms with Crippen molar-refractivity contribution in [1.29, 1.82) is 0 Å². The topological polar surface area (TPSA) is 55.4 Å². The second-order valence-electron chi connectivity index (χ2n) is 6.56. The second kappa shape index (κ2) is 9.26. The van der Waals surface area contributed by atoms with Crippen molar-refractivity contribution in [3.05, 3.63) is 95.3 Å². The first kappa shape index (κ1) is 21.1. The van der Waals surface area contributed by atoms with Crippen LogP contribution in [0, 0.1) is 17.5 Å². The first-order valence-electron chi connectivity index (χ1n) is 9.06. The molecule has 4 nitrogen and oxygen atoms in total. The van der Waals surface area contributed by atoms with Crippen LogP contribution in [0.25, 0.3) is 11.1 Å². The SMILES string of the molecule is COC(=O)[C@H](Cc1ccc(-c2ccccc2)cc1)NC(=O)c1c(F)cc(F)cc1F. The number of esters is 1. The van der Waals surface area contributed by atoms with Crippen LogP contribution in [0.2, 0.25) is 0 Å². The van der Waals surface area contributed by atoms with Crippen LogP contribution in [0.3, 0.4) is 0 Å². The van der Waals surface area contributed by atoms with Crippen molar-refractivity contribution >= 4 is 11.9 Å². The summed E-state index contributed by atoms with van der Waals surface area (Å²) in [5.74, 6) is -5.83. The number of halogens is 3. The average molecular weight is 413 g/mol. The van der Waals surface area contributed by atoms with E-state index in [-0.39, 0.29) is 6.42 Å². The molecule has 30 heavy (non-hydrogen) atoms. The van der Waals surface area contributed by atoms with Crippen LogP contribution in [0.5, 0.6) is 0 Å². The minimum absolute atomic E-state index is 0.0396. The Kier molecular flexibility index (Phi) is 6.51. The summed E-state index contributed by atoms with van der Waals surface area (Å²) in [5, 5.41) is 2.26. The molecule has 0 radical (unpaired) electrons. The van der Waals surface area contributed by atoms with E-state index in [9.17, 15) is 22.8 Å². The number of carbonyl (C=O) groups excluding carboxylic acids is 2. The standard InChI is InChI=1S/C23H18F3NO3/c1-30-23(29)20(27-22(28)21-18(25)12-17(24)13-19(21)26)11-14-7-9-16(10-8-14)15-5-3-2-4-6-15/h2-10,12-13,20H,11H2,1H3,(H,27,28)/t20-/m0/s1. The fraction of sp³-hybridized carbons (Fsp3) is 0.130. The van der Waals surface area contributed by atoms with Gasteiger partial charge in [0.2, 0.25) is 0 Å². The third kappa shape index (κ3) is 4.86. The molecular formula is C23H18F3NO3. The Labute approximate surface area is 171 Å². The van der Waals surface area contributed by atoms with Crippen molar-refractivity contribution in [2.45, 2.75) is 12.5 Å². The van der Waals surface area contributed by atoms with E-state index in [1.165, 1.54) is 0 Å². The Morgan fingerprint density at radius 2 is 1.47 bits per heavy atom. The molecule has 0 aliphatic heterocycles. The van der Waals surface area contributed by atoms with Crippen LogP contribution in [0.15, 0.2) is 66.7 Å². The molecule has 0 saturated carbocycles. The van der Waals surface area contributed by atoms with Crippen molar-refractivity contribution in [2.24, 2.45) is 0 Å². The third-order valence-electron chi connectivity index (χ3n) is 4.53. The zero-order valence-corrected chi connectivity index (χ0v) is 16.0. The Hall–Kier alpha value is -3.61. The quantitative estimate of drug-likeness (QED) is 0.614. The normalized spacial score (nSPS) is 11.6. The molecule has 0 aromatic heterocycles. The molecule has 3 aromatic carbocycles. The first-order valence-corrected chi connectivity index (χ1v) is 9.06. The number of hydrogen-bond acceptors (Lipinski definition) is 3. The summed E-state index contributed by atoms with van der Waals surface area (Å²) in [6.07, 6.45) is 0.0396. The molecule has 1 atom stereocenters. The van der Waals surface area contributed by atoms with Gasteiger partial charge < -0.3 is 10.1 Å². The van der Waals surface area contributed by atoms with Gasteiger partial charge in [0.05, 0.1) is 7.11 Å². The Morgan fingerprint density at radius 3 is 2.03 bits per heavy atom. The van der Waals surface area contributed by atoms with Crippen molar-refractivity contribution in [3.8, 4) is 11.1 Å². The number of hydrogen-bond donors (Lipinski definition) is 1. The lowest BCUT2D eigenvalue weighted by molar-refractivity contribution is -0.142. The molecule has 0 bridgehead atoms. The van der Waals surface area contributed by atoms with Crippen molar-refractivity contribution in [3.63, 3.8) is 0 Å². The summed E-state index contributed by atoms with van der Waals surface area (Å²) >= 11 is 0. The van der Waals surface area contributed by atoms with Gasteiger partial charge in [-0.2, -0.15) is 0 Å². The van der Waals surface area contributed by atoms with Gasteiger partial charge in [0.1, 0.15) is 29.1 Å². The van der Waals surface area contributed by atoms with Gasteiger partial charge in [-0.05, 0) is 16.7 Å². The molecule has 3 aromatic rings. The van der Waals surface area contributed by atoms with Crippen molar-refractivity contribution in [1.82, 2.24) is 5.32 Å². The van der Waals surface area contributed by atoms with Crippen LogP contribution in [0.1, 0.15) is 15.9 Å². The lowest BCUT2D eigenvalue weighted by Gasteiger charge is -2.17. The number of methoxy groups -OCH3 is 1. The van der Waals surface area contributed by atoms with Gasteiger partial charge in [0, 0.05) is 18.6 Å². The highest BCUT2D eigenvalue weighted by molar-refractivity contribution is 5.97. The molecule has 0 heterocycles. The zero-order chi connectivity index (χ0) is 21.7. The zero-order valence-electron chi connectivity index (χ0n) is 16.0. The van der Waals surface area contributed by atoms with Crippen molar-refractivity contribution in [2.75, 3.05) is 7.11 Å². The predicted octanol–water partition coefficient (Wildman–Crippen LogP) is 4.29. The molecule has 1 amide bonds. The number of amides is 1. The smallest absolute Gasteiger partial charge is 0.328 e. The van der Waals surface area contributed by atoms with E-state index in [2.05, 4.69) is 5.32 Å². The highest BCUT2D eigenvalue weighted by atomic mass is 19.1. The van der Waals surface area contributed by atoms with E-state index in [1.807, 2.05) is 42.5 Å². The summed E-state index contributed by atoms with van der Waals surface area (Å²) in [4.78, 5) is 24.4. The lowest BCUT2D eigenvalue weighted by atomic mass is 10.0. The predicted molar refractivity (Wildman–Crippen MR) is 105 cm³/mol. The molecule has 0 aliphatic rings. The van der Waals surface area contributed by atoms with Gasteiger partial charge in [0.25, 0.3) is 5.91 Å². The molecule has 7 heteroatoms. The van der Waals surface area contributed by atoms with E-state index in [1.54, 1.807) is 12.1 Å². The first-order chi connectivity index (χ1) is 14.4. The largest absolute Gasteiger partial charge is 0.467 e. The van der Waals surface area contributed by atoms with Crippen LogP contribution in [0.4, 0.5) is 13.2 Å². The second-order valence-corrected chi connectivity index (χ2v) is 6.56. The number of rotatable bonds is 6. The summed E-state index contributed by atoms with van der Waals surface area (Å²) in [7, 11) is 1.14. The number of benzene rings is 3. The van der Waals surface area contributed by atoms with Crippen molar-refractivity contribution < 1.29 is 27.5 Å². The molecule has 0 aliphatic carbocycles. The summed E-state index contributed by atoms with van der Waals surface area (Å²) in [6.45, 7) is 0. The highest BCUT2D eigenvalue weighted by Gasteiger charge is 2.26. The minimum Gasteiger partial charge on any atom is -0.467 e. The molecule has 0 spiro atoms. The van der Waals surface area contributed by atoms with E-state index in [0.29, 0.717) is 17.7 Å². The molecular weight excluding hydrogens is 395 g/mol. The fourth-order valence-electron chi connectivity index (χ4n) is 3.02. The maximum absolute atomic E-state index is 13.9. The molecule has 154 valence electrons. The van der Waals surface area contributed by atoms with Crippen LogP contribution in [-0.2, 0) is 16.0 Å². The third-order valence-corrected chi connectivity index (χ3v) is 4.53. The number of carbonyl (C=O) groups is 2. The van der Waals surface area contributed by atoms with E-state index < -0.39 is 40.9 Å². The maximum atomic E-state index is 13.9. The molecule has 1 N–H and O–H groups in total. The molecule has 3 rings (SSSR count). The van der Waals surface area contributed by atoms with Crippen LogP contribution in [-0.4, -0.2) is 25.0 Å². The molecule has 0 saturated heterocycles. The molecule has 0 unspecified atom stereocenters. The van der Waals surface area contributed by atoms with Gasteiger partial charge in [-0.15, -0.1) is 0 Å². The van der Waals surface area contributed by atoms with Gasteiger partial charge >= 0.3 is 5.97 Å². The van der Waals surface area contributed by atoms with E-state index in [4.69, 9.17) is 4.74 Å². The number of nitrogens with one attached hydrogen (secondary N) is 1. The Bertz CT molecular complexity index is 1030. The van der Waals surface area contributed by atoms with Crippen LogP contribution < -0.4 is 5.32 Å². The monoisotopic (exact) mass is 413 g/mol. The number of ether oxygens (including phenoxy) is 1. The van der Waals surface area contributed by atoms with Gasteiger partial charge in [-0.3, -0.25) is 4.79 Å². The maximum Gasteiger partial charge on any atom is 0.328 e. The van der Waals surface area contributed by atoms with Crippen LogP contribution >= 0.6 is 0 Å². The highest BCUT2D eigenvalue weighted by Crippen LogP contribution is 2.20. The van der Waals surface area contributed by atoms with Gasteiger partial charge in [-0.1, -0.05) is 54.6 Å². The summed E-state index contributed by atoms with van der Waals surface area (Å²) in [5.41, 5.74) is 1.72. The van der Waals surface area contributed by atoms with Gasteiger partial charge in [-0.25, -0.2) is 18.0 Å². The van der Waals surface area contributed by atoms with Gasteiger partial charge in [0.15, 0.2) is 0 Å². The summed E-state index contributed by atoms with van der Waals surface area (Å²) in [6, 6.07) is 16.5.